The standard InChI is InChI=1S/C22H28N2O2S/c1-26-21-14-19(27-2)10-11-20(21)22(25)23-15-17-6-8-18(9-7-17)16-24-12-4-3-5-13-24/h6-11,14H,3-5,12-13,15-16H2,1-2H3,(H,23,25). The summed E-state index contributed by atoms with van der Waals surface area (Å²) in [5.41, 5.74) is 3.00. The quantitative estimate of drug-likeness (QED) is 0.722. The lowest BCUT2D eigenvalue weighted by Gasteiger charge is -2.26. The third-order valence-electron chi connectivity index (χ3n) is 4.98. The number of methoxy groups -OCH3 is 1. The number of hydrogen-bond acceptors (Lipinski definition) is 4. The van der Waals surface area contributed by atoms with Gasteiger partial charge < -0.3 is 10.1 Å². The summed E-state index contributed by atoms with van der Waals surface area (Å²) in [5, 5.41) is 2.99. The number of hydrogen-bond donors (Lipinski definition) is 1. The maximum absolute atomic E-state index is 12.5. The molecule has 1 saturated heterocycles. The summed E-state index contributed by atoms with van der Waals surface area (Å²) in [5.74, 6) is 0.494. The van der Waals surface area contributed by atoms with Crippen molar-refractivity contribution in [2.45, 2.75) is 37.2 Å². The number of likely N-dealkylation sites (tertiary alicyclic amines) is 1. The fraction of sp³-hybridized carbons (Fsp3) is 0.409. The van der Waals surface area contributed by atoms with Crippen molar-refractivity contribution in [3.8, 4) is 5.75 Å². The monoisotopic (exact) mass is 384 g/mol. The Hall–Kier alpha value is -1.98. The van der Waals surface area contributed by atoms with Crippen molar-refractivity contribution in [3.05, 3.63) is 59.2 Å². The highest BCUT2D eigenvalue weighted by Gasteiger charge is 2.13. The van der Waals surface area contributed by atoms with Gasteiger partial charge in [-0.2, -0.15) is 0 Å². The van der Waals surface area contributed by atoms with Crippen molar-refractivity contribution in [2.75, 3.05) is 26.5 Å². The summed E-state index contributed by atoms with van der Waals surface area (Å²) < 4.78 is 5.37. The second-order valence-corrected chi connectivity index (χ2v) is 7.78. The van der Waals surface area contributed by atoms with Crippen molar-refractivity contribution < 1.29 is 9.53 Å². The lowest BCUT2D eigenvalue weighted by Crippen LogP contribution is -2.29. The summed E-state index contributed by atoms with van der Waals surface area (Å²) in [6.45, 7) is 3.94. The number of nitrogens with one attached hydrogen (secondary N) is 1. The molecule has 144 valence electrons. The highest BCUT2D eigenvalue weighted by Crippen LogP contribution is 2.25. The van der Waals surface area contributed by atoms with Crippen molar-refractivity contribution in [3.63, 3.8) is 0 Å². The fourth-order valence-corrected chi connectivity index (χ4v) is 3.83. The van der Waals surface area contributed by atoms with Gasteiger partial charge in [-0.05, 0) is 61.5 Å². The molecule has 5 heteroatoms. The molecular weight excluding hydrogens is 356 g/mol. The lowest BCUT2D eigenvalue weighted by atomic mass is 10.1. The van der Waals surface area contributed by atoms with Gasteiger partial charge in [-0.25, -0.2) is 0 Å². The molecule has 1 heterocycles. The van der Waals surface area contributed by atoms with Gasteiger partial charge in [0, 0.05) is 18.0 Å². The molecule has 2 aromatic carbocycles. The molecule has 1 aliphatic rings. The summed E-state index contributed by atoms with van der Waals surface area (Å²) in [7, 11) is 1.59. The molecule has 3 rings (SSSR count). The van der Waals surface area contributed by atoms with E-state index in [1.165, 1.54) is 37.9 Å². The van der Waals surface area contributed by atoms with Crippen LogP contribution in [0.15, 0.2) is 47.4 Å². The maximum atomic E-state index is 12.5. The third-order valence-corrected chi connectivity index (χ3v) is 5.71. The van der Waals surface area contributed by atoms with Gasteiger partial charge in [0.2, 0.25) is 0 Å². The molecule has 2 aromatic rings. The van der Waals surface area contributed by atoms with Gasteiger partial charge in [-0.1, -0.05) is 30.7 Å². The van der Waals surface area contributed by atoms with Crippen LogP contribution >= 0.6 is 11.8 Å². The first-order valence-corrected chi connectivity index (χ1v) is 10.7. The van der Waals surface area contributed by atoms with Crippen LogP contribution in [0.5, 0.6) is 5.75 Å². The van der Waals surface area contributed by atoms with Crippen LogP contribution in [0, 0.1) is 0 Å². The number of amides is 1. The minimum absolute atomic E-state index is 0.114. The Morgan fingerprint density at radius 2 is 1.78 bits per heavy atom. The highest BCUT2D eigenvalue weighted by atomic mass is 32.2. The molecule has 4 nitrogen and oxygen atoms in total. The molecule has 1 fully saturated rings. The molecular formula is C22H28N2O2S. The Balaban J connectivity index is 1.55. The third kappa shape index (κ3) is 5.50. The van der Waals surface area contributed by atoms with Gasteiger partial charge in [-0.15, -0.1) is 11.8 Å². The lowest BCUT2D eigenvalue weighted by molar-refractivity contribution is 0.0948. The number of benzene rings is 2. The Morgan fingerprint density at radius 3 is 2.44 bits per heavy atom. The van der Waals surface area contributed by atoms with Crippen LogP contribution in [-0.2, 0) is 13.1 Å². The zero-order valence-corrected chi connectivity index (χ0v) is 17.0. The fourth-order valence-electron chi connectivity index (χ4n) is 3.40. The van der Waals surface area contributed by atoms with E-state index in [1.54, 1.807) is 18.9 Å². The van der Waals surface area contributed by atoms with Crippen LogP contribution in [0.2, 0.25) is 0 Å². The van der Waals surface area contributed by atoms with E-state index in [0.29, 0.717) is 17.9 Å². The number of rotatable bonds is 7. The summed E-state index contributed by atoms with van der Waals surface area (Å²) in [4.78, 5) is 16.1. The molecule has 1 N–H and O–H groups in total. The first-order valence-electron chi connectivity index (χ1n) is 9.50. The van der Waals surface area contributed by atoms with Crippen LogP contribution < -0.4 is 10.1 Å². The SMILES string of the molecule is COc1cc(SC)ccc1C(=O)NCc1ccc(CN2CCCCC2)cc1. The van der Waals surface area contributed by atoms with Gasteiger partial charge >= 0.3 is 0 Å². The van der Waals surface area contributed by atoms with E-state index in [2.05, 4.69) is 34.5 Å². The van der Waals surface area contributed by atoms with Gasteiger partial charge in [-0.3, -0.25) is 9.69 Å². The summed E-state index contributed by atoms with van der Waals surface area (Å²) in [6, 6.07) is 14.2. The number of carbonyl (C=O) groups is 1. The minimum Gasteiger partial charge on any atom is -0.496 e. The molecule has 27 heavy (non-hydrogen) atoms. The molecule has 0 radical (unpaired) electrons. The molecule has 0 bridgehead atoms. The van der Waals surface area contributed by atoms with Crippen molar-refractivity contribution in [2.24, 2.45) is 0 Å². The van der Waals surface area contributed by atoms with E-state index in [1.807, 2.05) is 24.5 Å². The molecule has 0 atom stereocenters. The van der Waals surface area contributed by atoms with E-state index in [0.717, 1.165) is 17.0 Å². The molecule has 0 spiro atoms. The summed E-state index contributed by atoms with van der Waals surface area (Å²) in [6.07, 6.45) is 5.99. The Labute approximate surface area is 166 Å². The topological polar surface area (TPSA) is 41.6 Å². The number of thioether (sulfide) groups is 1. The maximum Gasteiger partial charge on any atom is 0.255 e. The Kier molecular flexibility index (Phi) is 7.18. The van der Waals surface area contributed by atoms with Gasteiger partial charge in [0.25, 0.3) is 5.91 Å². The van der Waals surface area contributed by atoms with Crippen LogP contribution in [0.4, 0.5) is 0 Å². The number of piperidine rings is 1. The first kappa shape index (κ1) is 19.8. The Bertz CT molecular complexity index is 755. The van der Waals surface area contributed by atoms with E-state index < -0.39 is 0 Å². The van der Waals surface area contributed by atoms with Crippen molar-refractivity contribution in [1.82, 2.24) is 10.2 Å². The van der Waals surface area contributed by atoms with Crippen LogP contribution in [0.1, 0.15) is 40.7 Å². The number of nitrogens with zero attached hydrogens (tertiary/aromatic N) is 1. The van der Waals surface area contributed by atoms with Crippen molar-refractivity contribution >= 4 is 17.7 Å². The second kappa shape index (κ2) is 9.81. The van der Waals surface area contributed by atoms with Gasteiger partial charge in [0.15, 0.2) is 0 Å². The predicted octanol–water partition coefficient (Wildman–Crippen LogP) is 4.33. The van der Waals surface area contributed by atoms with E-state index in [9.17, 15) is 4.79 Å². The number of carbonyl (C=O) groups excluding carboxylic acids is 1. The molecule has 0 saturated carbocycles. The molecule has 1 aliphatic heterocycles. The zero-order chi connectivity index (χ0) is 19.1. The normalized spacial score (nSPS) is 14.7. The van der Waals surface area contributed by atoms with Crippen LogP contribution in [-0.4, -0.2) is 37.3 Å². The number of ether oxygens (including phenoxy) is 1. The summed E-state index contributed by atoms with van der Waals surface area (Å²) >= 11 is 1.63. The smallest absolute Gasteiger partial charge is 0.255 e. The minimum atomic E-state index is -0.114. The highest BCUT2D eigenvalue weighted by molar-refractivity contribution is 7.98. The zero-order valence-electron chi connectivity index (χ0n) is 16.2. The molecule has 0 aromatic heterocycles. The van der Waals surface area contributed by atoms with E-state index in [4.69, 9.17) is 4.74 Å². The van der Waals surface area contributed by atoms with Crippen molar-refractivity contribution in [1.29, 1.82) is 0 Å². The first-order chi connectivity index (χ1) is 13.2. The molecule has 1 amide bonds. The van der Waals surface area contributed by atoms with Gasteiger partial charge in [0.1, 0.15) is 5.75 Å². The average molecular weight is 385 g/mol. The Morgan fingerprint density at radius 1 is 1.07 bits per heavy atom. The van der Waals surface area contributed by atoms with E-state index >= 15 is 0 Å². The predicted molar refractivity (Wildman–Crippen MR) is 112 cm³/mol. The van der Waals surface area contributed by atoms with Gasteiger partial charge in [0.05, 0.1) is 12.7 Å². The second-order valence-electron chi connectivity index (χ2n) is 6.90. The largest absolute Gasteiger partial charge is 0.496 e. The molecule has 0 aliphatic carbocycles. The van der Waals surface area contributed by atoms with Crippen LogP contribution in [0.3, 0.4) is 0 Å². The molecule has 0 unspecified atom stereocenters. The average Bonchev–Trinajstić information content (AvgIpc) is 2.73. The van der Waals surface area contributed by atoms with Crippen LogP contribution in [0.25, 0.3) is 0 Å². The van der Waals surface area contributed by atoms with E-state index in [-0.39, 0.29) is 5.91 Å².